The van der Waals surface area contributed by atoms with Crippen LogP contribution in [-0.4, -0.2) is 30.6 Å². The molecule has 1 aromatic rings. The molecule has 1 heterocycles. The summed E-state index contributed by atoms with van der Waals surface area (Å²) in [4.78, 5) is 2.41. The van der Waals surface area contributed by atoms with Crippen LogP contribution in [0, 0.1) is 17.6 Å². The number of likely N-dealkylation sites (tertiary alicyclic amines) is 1. The largest absolute Gasteiger partial charge is 0.380 e. The fraction of sp³-hybridized carbons (Fsp3) is 0.600. The number of hydrogen-bond acceptors (Lipinski definition) is 2. The zero-order valence-corrected chi connectivity index (χ0v) is 11.6. The van der Waals surface area contributed by atoms with Crippen molar-refractivity contribution in [3.63, 3.8) is 0 Å². The Morgan fingerprint density at radius 3 is 2.95 bits per heavy atom. The second-order valence-corrected chi connectivity index (χ2v) is 5.35. The molecule has 2 unspecified atom stereocenters. The summed E-state index contributed by atoms with van der Waals surface area (Å²) in [6.45, 7) is 7.44. The second-order valence-electron chi connectivity index (χ2n) is 5.35. The number of anilines is 1. The highest BCUT2D eigenvalue weighted by atomic mass is 19.1. The van der Waals surface area contributed by atoms with Crippen LogP contribution in [0.25, 0.3) is 0 Å². The van der Waals surface area contributed by atoms with E-state index in [1.807, 2.05) is 6.92 Å². The standard InChI is InChI=1S/C15H22F2N2/c1-3-19-8-4-5-12(10-19)11(2)18-15-9-13(16)6-7-14(15)17/h6-7,9,11-12,18H,3-5,8,10H2,1-2H3. The van der Waals surface area contributed by atoms with E-state index in [2.05, 4.69) is 17.1 Å². The summed E-state index contributed by atoms with van der Waals surface area (Å²) in [5.74, 6) is -0.317. The van der Waals surface area contributed by atoms with Crippen LogP contribution in [0.5, 0.6) is 0 Å². The molecule has 0 bridgehead atoms. The topological polar surface area (TPSA) is 15.3 Å². The van der Waals surface area contributed by atoms with E-state index in [1.54, 1.807) is 0 Å². The van der Waals surface area contributed by atoms with Crippen LogP contribution in [0.4, 0.5) is 14.5 Å². The van der Waals surface area contributed by atoms with E-state index >= 15 is 0 Å². The lowest BCUT2D eigenvalue weighted by Gasteiger charge is -2.35. The van der Waals surface area contributed by atoms with E-state index in [-0.39, 0.29) is 11.7 Å². The van der Waals surface area contributed by atoms with E-state index in [1.165, 1.54) is 18.6 Å². The van der Waals surface area contributed by atoms with E-state index in [0.717, 1.165) is 32.1 Å². The summed E-state index contributed by atoms with van der Waals surface area (Å²) in [5, 5.41) is 3.12. The van der Waals surface area contributed by atoms with Crippen molar-refractivity contribution >= 4 is 5.69 Å². The van der Waals surface area contributed by atoms with Crippen LogP contribution in [0.3, 0.4) is 0 Å². The monoisotopic (exact) mass is 268 g/mol. The normalized spacial score (nSPS) is 22.2. The van der Waals surface area contributed by atoms with Gasteiger partial charge in [-0.25, -0.2) is 8.78 Å². The summed E-state index contributed by atoms with van der Waals surface area (Å²) in [7, 11) is 0. The molecule has 19 heavy (non-hydrogen) atoms. The van der Waals surface area contributed by atoms with E-state index in [9.17, 15) is 8.78 Å². The zero-order chi connectivity index (χ0) is 13.8. The Balaban J connectivity index is 2.00. The maximum atomic E-state index is 13.6. The molecule has 1 N–H and O–H groups in total. The van der Waals surface area contributed by atoms with Crippen molar-refractivity contribution in [2.45, 2.75) is 32.7 Å². The predicted octanol–water partition coefficient (Wildman–Crippen LogP) is 3.50. The molecule has 1 aliphatic heterocycles. The van der Waals surface area contributed by atoms with E-state index in [0.29, 0.717) is 5.92 Å². The molecule has 0 amide bonds. The van der Waals surface area contributed by atoms with Crippen molar-refractivity contribution in [2.75, 3.05) is 25.0 Å². The summed E-state index contributed by atoms with van der Waals surface area (Å²) in [6.07, 6.45) is 2.32. The van der Waals surface area contributed by atoms with Gasteiger partial charge in [-0.3, -0.25) is 0 Å². The number of nitrogens with zero attached hydrogens (tertiary/aromatic N) is 1. The van der Waals surface area contributed by atoms with E-state index in [4.69, 9.17) is 0 Å². The van der Waals surface area contributed by atoms with Crippen molar-refractivity contribution in [2.24, 2.45) is 5.92 Å². The summed E-state index contributed by atoms with van der Waals surface area (Å²) < 4.78 is 26.7. The summed E-state index contributed by atoms with van der Waals surface area (Å²) >= 11 is 0. The van der Waals surface area contributed by atoms with Crippen molar-refractivity contribution in [3.05, 3.63) is 29.8 Å². The maximum Gasteiger partial charge on any atom is 0.146 e. The number of benzene rings is 1. The van der Waals surface area contributed by atoms with Gasteiger partial charge in [-0.1, -0.05) is 6.92 Å². The third-order valence-corrected chi connectivity index (χ3v) is 4.01. The molecule has 106 valence electrons. The molecule has 0 radical (unpaired) electrons. The molecule has 2 rings (SSSR count). The molecule has 1 aliphatic rings. The average Bonchev–Trinajstić information content (AvgIpc) is 2.43. The second kappa shape index (κ2) is 6.33. The van der Waals surface area contributed by atoms with Crippen LogP contribution in [0.2, 0.25) is 0 Å². The van der Waals surface area contributed by atoms with Gasteiger partial charge >= 0.3 is 0 Å². The smallest absolute Gasteiger partial charge is 0.146 e. The first-order chi connectivity index (χ1) is 9.10. The molecule has 1 fully saturated rings. The molecule has 1 saturated heterocycles. The van der Waals surface area contributed by atoms with Gasteiger partial charge in [0.15, 0.2) is 0 Å². The lowest BCUT2D eigenvalue weighted by molar-refractivity contribution is 0.172. The molecular weight excluding hydrogens is 246 g/mol. The summed E-state index contributed by atoms with van der Waals surface area (Å²) in [6, 6.07) is 3.69. The highest BCUT2D eigenvalue weighted by Gasteiger charge is 2.24. The Labute approximate surface area is 113 Å². The Kier molecular flexibility index (Phi) is 4.75. The zero-order valence-electron chi connectivity index (χ0n) is 11.6. The van der Waals surface area contributed by atoms with Crippen LogP contribution in [-0.2, 0) is 0 Å². The molecule has 1 aromatic carbocycles. The number of piperidine rings is 1. The first-order valence-electron chi connectivity index (χ1n) is 7.04. The Morgan fingerprint density at radius 2 is 2.21 bits per heavy atom. The quantitative estimate of drug-likeness (QED) is 0.899. The van der Waals surface area contributed by atoms with Crippen molar-refractivity contribution in [3.8, 4) is 0 Å². The Bertz CT molecular complexity index is 423. The number of nitrogens with one attached hydrogen (secondary N) is 1. The fourth-order valence-corrected chi connectivity index (χ4v) is 2.76. The third kappa shape index (κ3) is 3.66. The number of hydrogen-bond donors (Lipinski definition) is 1. The summed E-state index contributed by atoms with van der Waals surface area (Å²) in [5.41, 5.74) is 0.265. The van der Waals surface area contributed by atoms with Crippen LogP contribution >= 0.6 is 0 Å². The lowest BCUT2D eigenvalue weighted by atomic mass is 9.91. The molecule has 0 aliphatic carbocycles. The average molecular weight is 268 g/mol. The molecule has 4 heteroatoms. The Morgan fingerprint density at radius 1 is 1.42 bits per heavy atom. The van der Waals surface area contributed by atoms with Gasteiger partial charge in [0.1, 0.15) is 11.6 Å². The van der Waals surface area contributed by atoms with Crippen LogP contribution < -0.4 is 5.32 Å². The van der Waals surface area contributed by atoms with Crippen molar-refractivity contribution < 1.29 is 8.78 Å². The molecular formula is C15H22F2N2. The van der Waals surface area contributed by atoms with Gasteiger partial charge in [0.05, 0.1) is 5.69 Å². The van der Waals surface area contributed by atoms with Crippen molar-refractivity contribution in [1.29, 1.82) is 0 Å². The predicted molar refractivity (Wildman–Crippen MR) is 74.3 cm³/mol. The first kappa shape index (κ1) is 14.3. The van der Waals surface area contributed by atoms with Gasteiger partial charge in [0.2, 0.25) is 0 Å². The minimum Gasteiger partial charge on any atom is -0.380 e. The van der Waals surface area contributed by atoms with Crippen LogP contribution in [0.1, 0.15) is 26.7 Å². The van der Waals surface area contributed by atoms with Gasteiger partial charge in [-0.15, -0.1) is 0 Å². The molecule has 0 spiro atoms. The highest BCUT2D eigenvalue weighted by Crippen LogP contribution is 2.24. The van der Waals surface area contributed by atoms with Crippen LogP contribution in [0.15, 0.2) is 18.2 Å². The van der Waals surface area contributed by atoms with Gasteiger partial charge in [0.25, 0.3) is 0 Å². The van der Waals surface area contributed by atoms with Gasteiger partial charge in [-0.05, 0) is 57.0 Å². The van der Waals surface area contributed by atoms with Gasteiger partial charge in [-0.2, -0.15) is 0 Å². The lowest BCUT2D eigenvalue weighted by Crippen LogP contribution is -2.41. The van der Waals surface area contributed by atoms with Gasteiger partial charge < -0.3 is 10.2 Å². The number of halogens is 2. The first-order valence-corrected chi connectivity index (χ1v) is 7.04. The molecule has 0 aromatic heterocycles. The minimum atomic E-state index is -0.407. The van der Waals surface area contributed by atoms with Crippen molar-refractivity contribution in [1.82, 2.24) is 4.90 Å². The molecule has 0 saturated carbocycles. The fourth-order valence-electron chi connectivity index (χ4n) is 2.76. The van der Waals surface area contributed by atoms with E-state index < -0.39 is 11.6 Å². The Hall–Kier alpha value is -1.16. The number of rotatable bonds is 4. The SMILES string of the molecule is CCN1CCCC(C(C)Nc2cc(F)ccc2F)C1. The third-order valence-electron chi connectivity index (χ3n) is 4.01. The maximum absolute atomic E-state index is 13.6. The van der Waals surface area contributed by atoms with Gasteiger partial charge in [0, 0.05) is 12.6 Å². The molecule has 2 nitrogen and oxygen atoms in total. The highest BCUT2D eigenvalue weighted by molar-refractivity contribution is 5.45. The molecule has 2 atom stereocenters. The minimum absolute atomic E-state index is 0.144.